The molecule has 0 aromatic heterocycles. The van der Waals surface area contributed by atoms with Gasteiger partial charge in [0.15, 0.2) is 0 Å². The molecule has 1 aromatic rings. The maximum atomic E-state index is 12.6. The highest BCUT2D eigenvalue weighted by molar-refractivity contribution is 5.94. The summed E-state index contributed by atoms with van der Waals surface area (Å²) in [6.45, 7) is 11.2. The van der Waals surface area contributed by atoms with E-state index in [0.29, 0.717) is 19.6 Å². The van der Waals surface area contributed by atoms with E-state index in [1.54, 1.807) is 0 Å². The van der Waals surface area contributed by atoms with E-state index in [-0.39, 0.29) is 17.9 Å². The minimum absolute atomic E-state index is 0.0499. The van der Waals surface area contributed by atoms with E-state index in [0.717, 1.165) is 24.2 Å². The van der Waals surface area contributed by atoms with Crippen LogP contribution in [-0.4, -0.2) is 60.4 Å². The van der Waals surface area contributed by atoms with Gasteiger partial charge >= 0.3 is 0 Å². The first-order valence-corrected chi connectivity index (χ1v) is 8.25. The molecule has 0 saturated carbocycles. The first-order valence-electron chi connectivity index (χ1n) is 8.25. The van der Waals surface area contributed by atoms with Crippen LogP contribution < -0.4 is 5.32 Å². The SMILES string of the molecule is Cc1ccc(C(=O)N2CCN(CC(=O)NC(C)C)CC2)cc1C. The van der Waals surface area contributed by atoms with Crippen molar-refractivity contribution in [3.8, 4) is 0 Å². The standard InChI is InChI=1S/C18H27N3O2/c1-13(2)19-17(22)12-20-7-9-21(10-8-20)18(23)16-6-5-14(3)15(4)11-16/h5-6,11,13H,7-10,12H2,1-4H3,(H,19,22). The van der Waals surface area contributed by atoms with Gasteiger partial charge in [0.2, 0.25) is 5.91 Å². The Bertz CT molecular complexity index is 576. The molecule has 1 aliphatic heterocycles. The van der Waals surface area contributed by atoms with Gasteiger partial charge in [0.1, 0.15) is 0 Å². The van der Waals surface area contributed by atoms with Gasteiger partial charge in [0.25, 0.3) is 5.91 Å². The molecule has 0 radical (unpaired) electrons. The number of benzene rings is 1. The van der Waals surface area contributed by atoms with E-state index in [9.17, 15) is 9.59 Å². The molecule has 0 spiro atoms. The second kappa shape index (κ2) is 7.59. The predicted octanol–water partition coefficient (Wildman–Crippen LogP) is 1.59. The lowest BCUT2D eigenvalue weighted by molar-refractivity contribution is -0.123. The third-order valence-corrected chi connectivity index (χ3v) is 4.23. The molecule has 0 unspecified atom stereocenters. The van der Waals surface area contributed by atoms with Crippen LogP contribution in [0.2, 0.25) is 0 Å². The molecular weight excluding hydrogens is 290 g/mol. The number of aryl methyl sites for hydroxylation is 2. The zero-order valence-corrected chi connectivity index (χ0v) is 14.6. The van der Waals surface area contributed by atoms with Crippen LogP contribution in [0.5, 0.6) is 0 Å². The van der Waals surface area contributed by atoms with Crippen molar-refractivity contribution in [3.05, 3.63) is 34.9 Å². The molecule has 1 fully saturated rings. The molecule has 0 bridgehead atoms. The summed E-state index contributed by atoms with van der Waals surface area (Å²) < 4.78 is 0. The fourth-order valence-corrected chi connectivity index (χ4v) is 2.74. The second-order valence-corrected chi connectivity index (χ2v) is 6.59. The molecule has 23 heavy (non-hydrogen) atoms. The topological polar surface area (TPSA) is 52.7 Å². The third-order valence-electron chi connectivity index (χ3n) is 4.23. The molecule has 0 aliphatic carbocycles. The lowest BCUT2D eigenvalue weighted by Crippen LogP contribution is -2.51. The number of piperazine rings is 1. The summed E-state index contributed by atoms with van der Waals surface area (Å²) in [5.74, 6) is 0.133. The van der Waals surface area contributed by atoms with Crippen LogP contribution in [0.1, 0.15) is 35.3 Å². The Kier molecular flexibility index (Phi) is 5.77. The van der Waals surface area contributed by atoms with Crippen molar-refractivity contribution in [1.29, 1.82) is 0 Å². The van der Waals surface area contributed by atoms with Crippen LogP contribution in [0, 0.1) is 13.8 Å². The Morgan fingerprint density at radius 1 is 1.09 bits per heavy atom. The summed E-state index contributed by atoms with van der Waals surface area (Å²) in [4.78, 5) is 28.3. The lowest BCUT2D eigenvalue weighted by Gasteiger charge is -2.34. The van der Waals surface area contributed by atoms with Crippen molar-refractivity contribution < 1.29 is 9.59 Å². The molecular formula is C18H27N3O2. The number of nitrogens with zero attached hydrogens (tertiary/aromatic N) is 2. The van der Waals surface area contributed by atoms with Crippen molar-refractivity contribution in [2.75, 3.05) is 32.7 Å². The second-order valence-electron chi connectivity index (χ2n) is 6.59. The fraction of sp³-hybridized carbons (Fsp3) is 0.556. The summed E-state index contributed by atoms with van der Waals surface area (Å²) in [6, 6.07) is 6.01. The van der Waals surface area contributed by atoms with Gasteiger partial charge in [-0.3, -0.25) is 14.5 Å². The van der Waals surface area contributed by atoms with Gasteiger partial charge in [0.05, 0.1) is 6.54 Å². The van der Waals surface area contributed by atoms with Gasteiger partial charge in [-0.15, -0.1) is 0 Å². The van der Waals surface area contributed by atoms with Crippen molar-refractivity contribution >= 4 is 11.8 Å². The molecule has 1 aliphatic rings. The molecule has 1 heterocycles. The highest BCUT2D eigenvalue weighted by Crippen LogP contribution is 2.13. The number of nitrogens with one attached hydrogen (secondary N) is 1. The van der Waals surface area contributed by atoms with Gasteiger partial charge in [-0.05, 0) is 51.0 Å². The average molecular weight is 317 g/mol. The van der Waals surface area contributed by atoms with Crippen LogP contribution in [0.15, 0.2) is 18.2 Å². The zero-order valence-electron chi connectivity index (χ0n) is 14.6. The van der Waals surface area contributed by atoms with Crippen LogP contribution >= 0.6 is 0 Å². The number of amides is 2. The van der Waals surface area contributed by atoms with Crippen molar-refractivity contribution in [1.82, 2.24) is 15.1 Å². The van der Waals surface area contributed by atoms with Crippen LogP contribution in [0.3, 0.4) is 0 Å². The first kappa shape index (κ1) is 17.5. The summed E-state index contributed by atoms with van der Waals surface area (Å²) >= 11 is 0. The maximum absolute atomic E-state index is 12.6. The lowest BCUT2D eigenvalue weighted by atomic mass is 10.1. The molecule has 126 valence electrons. The number of hydrogen-bond acceptors (Lipinski definition) is 3. The Morgan fingerprint density at radius 3 is 2.30 bits per heavy atom. The van der Waals surface area contributed by atoms with Crippen molar-refractivity contribution in [3.63, 3.8) is 0 Å². The van der Waals surface area contributed by atoms with Crippen molar-refractivity contribution in [2.45, 2.75) is 33.7 Å². The van der Waals surface area contributed by atoms with Crippen LogP contribution in [0.25, 0.3) is 0 Å². The van der Waals surface area contributed by atoms with E-state index < -0.39 is 0 Å². The minimum atomic E-state index is 0.0499. The van der Waals surface area contributed by atoms with E-state index in [2.05, 4.69) is 10.2 Å². The first-order chi connectivity index (χ1) is 10.9. The summed E-state index contributed by atoms with van der Waals surface area (Å²) in [5, 5.41) is 2.90. The van der Waals surface area contributed by atoms with E-state index in [4.69, 9.17) is 0 Å². The van der Waals surface area contributed by atoms with E-state index >= 15 is 0 Å². The van der Waals surface area contributed by atoms with Gasteiger partial charge in [-0.1, -0.05) is 6.07 Å². The van der Waals surface area contributed by atoms with Gasteiger partial charge in [-0.25, -0.2) is 0 Å². The average Bonchev–Trinajstić information content (AvgIpc) is 2.49. The number of hydrogen-bond donors (Lipinski definition) is 1. The van der Waals surface area contributed by atoms with Gasteiger partial charge in [0, 0.05) is 37.8 Å². The highest BCUT2D eigenvalue weighted by Gasteiger charge is 2.23. The predicted molar refractivity (Wildman–Crippen MR) is 91.5 cm³/mol. The number of carbonyl (C=O) groups is 2. The molecule has 2 amide bonds. The molecule has 1 aromatic carbocycles. The monoisotopic (exact) mass is 317 g/mol. The van der Waals surface area contributed by atoms with Crippen LogP contribution in [0.4, 0.5) is 0 Å². The summed E-state index contributed by atoms with van der Waals surface area (Å²) in [6.07, 6.45) is 0. The quantitative estimate of drug-likeness (QED) is 0.917. The minimum Gasteiger partial charge on any atom is -0.353 e. The van der Waals surface area contributed by atoms with Gasteiger partial charge < -0.3 is 10.2 Å². The molecule has 5 heteroatoms. The normalized spacial score (nSPS) is 15.8. The summed E-state index contributed by atoms with van der Waals surface area (Å²) in [7, 11) is 0. The highest BCUT2D eigenvalue weighted by atomic mass is 16.2. The van der Waals surface area contributed by atoms with E-state index in [1.807, 2.05) is 50.8 Å². The smallest absolute Gasteiger partial charge is 0.253 e. The Morgan fingerprint density at radius 2 is 1.74 bits per heavy atom. The Labute approximate surface area is 138 Å². The number of rotatable bonds is 4. The molecule has 1 saturated heterocycles. The fourth-order valence-electron chi connectivity index (χ4n) is 2.74. The zero-order chi connectivity index (χ0) is 17.0. The third kappa shape index (κ3) is 4.79. The summed E-state index contributed by atoms with van der Waals surface area (Å²) in [5.41, 5.74) is 3.08. The van der Waals surface area contributed by atoms with Crippen LogP contribution in [-0.2, 0) is 4.79 Å². The molecule has 5 nitrogen and oxygen atoms in total. The Balaban J connectivity index is 1.87. The molecule has 0 atom stereocenters. The van der Waals surface area contributed by atoms with Gasteiger partial charge in [-0.2, -0.15) is 0 Å². The largest absolute Gasteiger partial charge is 0.353 e. The maximum Gasteiger partial charge on any atom is 0.253 e. The Hall–Kier alpha value is -1.88. The van der Waals surface area contributed by atoms with E-state index in [1.165, 1.54) is 5.56 Å². The van der Waals surface area contributed by atoms with Crippen molar-refractivity contribution in [2.24, 2.45) is 0 Å². The number of carbonyl (C=O) groups excluding carboxylic acids is 2. The molecule has 2 rings (SSSR count). The molecule has 1 N–H and O–H groups in total.